The molecule has 0 radical (unpaired) electrons. The van der Waals surface area contributed by atoms with Crippen LogP contribution in [-0.2, 0) is 23.1 Å². The lowest BCUT2D eigenvalue weighted by Gasteiger charge is -2.23. The largest absolute Gasteiger partial charge is 0.572 e. The number of rotatable bonds is 10. The summed E-state index contributed by atoms with van der Waals surface area (Å²) in [5.41, 5.74) is 2.62. The summed E-state index contributed by atoms with van der Waals surface area (Å²) in [5.74, 6) is -0.360. The molecule has 0 atom stereocenters. The van der Waals surface area contributed by atoms with Crippen LogP contribution in [0.3, 0.4) is 0 Å². The van der Waals surface area contributed by atoms with Crippen molar-refractivity contribution in [3.05, 3.63) is 99.2 Å². The molecule has 0 heterocycles. The third kappa shape index (κ3) is 6.81. The van der Waals surface area contributed by atoms with Gasteiger partial charge in [0, 0.05) is 22.7 Å². The molecule has 33 heavy (non-hydrogen) atoms. The molecule has 3 aromatic rings. The zero-order valence-corrected chi connectivity index (χ0v) is 20.3. The number of hydrogen-bond donors (Lipinski definition) is 2. The quantitative estimate of drug-likeness (QED) is 0.454. The number of amides is 1. The molecule has 2 N–H and O–H groups in total. The monoisotopic (exact) mass is 485 g/mol. The smallest absolute Gasteiger partial charge is 0.251 e. The first-order valence-corrected chi connectivity index (χ1v) is 12.7. The van der Waals surface area contributed by atoms with E-state index in [9.17, 15) is 13.2 Å². The minimum Gasteiger partial charge on any atom is -0.572 e. The van der Waals surface area contributed by atoms with Crippen molar-refractivity contribution in [2.24, 2.45) is 0 Å². The van der Waals surface area contributed by atoms with E-state index in [2.05, 4.69) is 36.0 Å². The predicted molar refractivity (Wildman–Crippen MR) is 131 cm³/mol. The van der Waals surface area contributed by atoms with Gasteiger partial charge >= 0.3 is 0 Å². The first-order valence-electron chi connectivity index (χ1n) is 10.8. The minimum absolute atomic E-state index is 0.0710. The fourth-order valence-corrected chi connectivity index (χ4v) is 4.63. The number of carbonyl (C=O) groups excluding carboxylic acids is 1. The molecule has 0 saturated heterocycles. The summed E-state index contributed by atoms with van der Waals surface area (Å²) >= 11 is 6.02. The van der Waals surface area contributed by atoms with Crippen LogP contribution in [0.1, 0.15) is 35.3 Å². The number of benzene rings is 3. The number of sulfonamides is 1. The Kier molecular flexibility index (Phi) is 8.49. The van der Waals surface area contributed by atoms with Crippen LogP contribution in [0.15, 0.2) is 77.7 Å². The van der Waals surface area contributed by atoms with Crippen molar-refractivity contribution in [1.29, 1.82) is 0 Å². The summed E-state index contributed by atoms with van der Waals surface area (Å²) in [6.45, 7) is 7.82. The van der Waals surface area contributed by atoms with Crippen LogP contribution in [-0.4, -0.2) is 27.4 Å². The van der Waals surface area contributed by atoms with Gasteiger partial charge in [0.15, 0.2) is 0 Å². The summed E-state index contributed by atoms with van der Waals surface area (Å²) in [7, 11) is -4.02. The Morgan fingerprint density at radius 2 is 1.61 bits per heavy atom. The molecule has 0 bridgehead atoms. The lowest BCUT2D eigenvalue weighted by Crippen LogP contribution is -3.10. The van der Waals surface area contributed by atoms with Crippen molar-refractivity contribution in [3.8, 4) is 0 Å². The van der Waals surface area contributed by atoms with Crippen LogP contribution in [0.4, 0.5) is 5.69 Å². The molecule has 0 aliphatic rings. The highest BCUT2D eigenvalue weighted by atomic mass is 35.5. The Bertz CT molecular complexity index is 1190. The molecule has 0 saturated carbocycles. The molecule has 0 spiro atoms. The SMILES string of the molecule is CC[NH+](CC)Cc1ccc(CNC(=O)c2cccc(S(=O)(=O)[N-]c3ccccc3Cl)c2)cc1. The fourth-order valence-electron chi connectivity index (χ4n) is 3.35. The first kappa shape index (κ1) is 24.8. The van der Waals surface area contributed by atoms with Crippen LogP contribution in [0.5, 0.6) is 0 Å². The minimum atomic E-state index is -4.02. The molecule has 8 heteroatoms. The predicted octanol–water partition coefficient (Wildman–Crippen LogP) is 4.09. The van der Waals surface area contributed by atoms with Crippen molar-refractivity contribution in [3.63, 3.8) is 0 Å². The van der Waals surface area contributed by atoms with Gasteiger partial charge < -0.3 is 14.9 Å². The Labute approximate surface area is 200 Å². The molecule has 0 fully saturated rings. The molecular weight excluding hydrogens is 458 g/mol. The third-order valence-electron chi connectivity index (χ3n) is 5.40. The fraction of sp³-hybridized carbons (Fsp3) is 0.240. The first-order chi connectivity index (χ1) is 15.8. The topological polar surface area (TPSA) is 81.8 Å². The summed E-state index contributed by atoms with van der Waals surface area (Å²) in [6.07, 6.45) is 0. The summed E-state index contributed by atoms with van der Waals surface area (Å²) in [4.78, 5) is 14.1. The van der Waals surface area contributed by atoms with Gasteiger partial charge in [0.2, 0.25) is 0 Å². The summed E-state index contributed by atoms with van der Waals surface area (Å²) in [5, 5.41) is 3.08. The Morgan fingerprint density at radius 3 is 2.27 bits per heavy atom. The van der Waals surface area contributed by atoms with Crippen LogP contribution < -0.4 is 10.2 Å². The van der Waals surface area contributed by atoms with E-state index in [4.69, 9.17) is 11.6 Å². The van der Waals surface area contributed by atoms with Crippen LogP contribution in [0, 0.1) is 0 Å². The Balaban J connectivity index is 1.64. The van der Waals surface area contributed by atoms with Crippen molar-refractivity contribution in [1.82, 2.24) is 5.32 Å². The lowest BCUT2D eigenvalue weighted by molar-refractivity contribution is -0.910. The van der Waals surface area contributed by atoms with Gasteiger partial charge in [-0.1, -0.05) is 60.1 Å². The molecule has 174 valence electrons. The normalized spacial score (nSPS) is 11.4. The maximum Gasteiger partial charge on any atom is 0.251 e. The second-order valence-electron chi connectivity index (χ2n) is 7.68. The average Bonchev–Trinajstić information content (AvgIpc) is 2.83. The van der Waals surface area contributed by atoms with Crippen LogP contribution >= 0.6 is 11.6 Å². The number of halogens is 1. The molecular formula is C25H28ClN3O3S. The van der Waals surface area contributed by atoms with Crippen molar-refractivity contribution in [2.75, 3.05) is 13.1 Å². The molecule has 1 amide bonds. The van der Waals surface area contributed by atoms with Crippen LogP contribution in [0.25, 0.3) is 4.72 Å². The highest BCUT2D eigenvalue weighted by molar-refractivity contribution is 7.94. The van der Waals surface area contributed by atoms with E-state index in [-0.39, 0.29) is 27.1 Å². The second kappa shape index (κ2) is 11.3. The summed E-state index contributed by atoms with van der Waals surface area (Å²) < 4.78 is 29.2. The van der Waals surface area contributed by atoms with E-state index in [1.165, 1.54) is 34.7 Å². The van der Waals surface area contributed by atoms with Crippen LogP contribution in [0.2, 0.25) is 5.02 Å². The van der Waals surface area contributed by atoms with Crippen molar-refractivity contribution in [2.45, 2.75) is 31.8 Å². The van der Waals surface area contributed by atoms with Crippen molar-refractivity contribution < 1.29 is 18.1 Å². The maximum atomic E-state index is 12.7. The molecule has 0 unspecified atom stereocenters. The number of carbonyl (C=O) groups is 1. The molecule has 3 aromatic carbocycles. The highest BCUT2D eigenvalue weighted by Crippen LogP contribution is 2.33. The number of hydrogen-bond acceptors (Lipinski definition) is 3. The Morgan fingerprint density at radius 1 is 0.939 bits per heavy atom. The number of nitrogens with zero attached hydrogens (tertiary/aromatic N) is 1. The van der Waals surface area contributed by atoms with E-state index >= 15 is 0 Å². The van der Waals surface area contributed by atoms with Gasteiger partial charge in [-0.3, -0.25) is 4.79 Å². The van der Waals surface area contributed by atoms with Gasteiger partial charge in [-0.05, 0) is 43.7 Å². The molecule has 0 aromatic heterocycles. The van der Waals surface area contributed by atoms with E-state index in [1.807, 2.05) is 12.1 Å². The van der Waals surface area contributed by atoms with E-state index < -0.39 is 10.0 Å². The average molecular weight is 486 g/mol. The molecule has 0 aliphatic carbocycles. The number of nitrogens with one attached hydrogen (secondary N) is 2. The van der Waals surface area contributed by atoms with Gasteiger partial charge in [-0.25, -0.2) is 8.42 Å². The van der Waals surface area contributed by atoms with Gasteiger partial charge in [-0.15, -0.1) is 5.69 Å². The zero-order valence-electron chi connectivity index (χ0n) is 18.7. The highest BCUT2D eigenvalue weighted by Gasteiger charge is 2.11. The van der Waals surface area contributed by atoms with Crippen molar-refractivity contribution >= 4 is 33.2 Å². The van der Waals surface area contributed by atoms with Gasteiger partial charge in [0.25, 0.3) is 5.91 Å². The zero-order chi connectivity index (χ0) is 23.8. The van der Waals surface area contributed by atoms with Gasteiger partial charge in [0.05, 0.1) is 18.0 Å². The van der Waals surface area contributed by atoms with E-state index in [0.717, 1.165) is 25.2 Å². The van der Waals surface area contributed by atoms with Gasteiger partial charge in [0.1, 0.15) is 16.6 Å². The summed E-state index contributed by atoms with van der Waals surface area (Å²) in [6, 6.07) is 20.4. The lowest BCUT2D eigenvalue weighted by atomic mass is 10.1. The number of quaternary nitrogens is 1. The molecule has 6 nitrogen and oxygen atoms in total. The molecule has 0 aliphatic heterocycles. The molecule has 3 rings (SSSR count). The third-order valence-corrected chi connectivity index (χ3v) is 7.00. The Hall–Kier alpha value is -2.87. The van der Waals surface area contributed by atoms with Gasteiger partial charge in [-0.2, -0.15) is 0 Å². The maximum absolute atomic E-state index is 12.7. The second-order valence-corrected chi connectivity index (χ2v) is 9.69. The van der Waals surface area contributed by atoms with E-state index in [0.29, 0.717) is 6.54 Å². The van der Waals surface area contributed by atoms with E-state index in [1.54, 1.807) is 24.3 Å². The standard InChI is InChI=1S/C25H27ClN3O3S/c1-3-29(4-2)18-20-14-12-19(13-15-20)17-27-25(30)21-8-7-9-22(16-21)33(31,32)28-24-11-6-5-10-23(24)26/h5-16H,3-4,17-18H2,1-2H3,(H,27,30)/q-1/p+1.